The van der Waals surface area contributed by atoms with E-state index in [1.54, 1.807) is 21.3 Å². The zero-order chi connectivity index (χ0) is 20.9. The molecule has 0 spiro atoms. The quantitative estimate of drug-likeness (QED) is 0.311. The van der Waals surface area contributed by atoms with Gasteiger partial charge in [-0.25, -0.2) is 4.99 Å². The molecule has 0 saturated carbocycles. The van der Waals surface area contributed by atoms with Crippen LogP contribution < -0.4 is 24.8 Å². The highest BCUT2D eigenvalue weighted by Crippen LogP contribution is 2.39. The number of nitrogens with one attached hydrogen (secondary N) is 2. The first-order valence-corrected chi connectivity index (χ1v) is 10.2. The van der Waals surface area contributed by atoms with E-state index in [0.29, 0.717) is 37.0 Å². The summed E-state index contributed by atoms with van der Waals surface area (Å²) in [7, 11) is 4.82. The molecule has 8 nitrogen and oxygen atoms in total. The Morgan fingerprint density at radius 3 is 2.62 bits per heavy atom. The third-order valence-electron chi connectivity index (χ3n) is 4.62. The van der Waals surface area contributed by atoms with Crippen LogP contribution >= 0.6 is 0 Å². The predicted molar refractivity (Wildman–Crippen MR) is 113 cm³/mol. The van der Waals surface area contributed by atoms with Crippen molar-refractivity contribution in [1.29, 1.82) is 0 Å². The van der Waals surface area contributed by atoms with Crippen LogP contribution in [0.4, 0.5) is 0 Å². The lowest BCUT2D eigenvalue weighted by Gasteiger charge is -2.16. The molecule has 1 heterocycles. The van der Waals surface area contributed by atoms with Crippen molar-refractivity contribution in [2.75, 3.05) is 54.2 Å². The smallest absolute Gasteiger partial charge is 0.203 e. The van der Waals surface area contributed by atoms with Crippen molar-refractivity contribution >= 4 is 5.96 Å². The Bertz CT molecular complexity index is 633. The van der Waals surface area contributed by atoms with Gasteiger partial charge in [0.25, 0.3) is 0 Å². The van der Waals surface area contributed by atoms with Crippen molar-refractivity contribution in [3.63, 3.8) is 0 Å². The number of hydrogen-bond acceptors (Lipinski definition) is 6. The van der Waals surface area contributed by atoms with Gasteiger partial charge in [0.15, 0.2) is 17.5 Å². The minimum Gasteiger partial charge on any atom is -0.493 e. The van der Waals surface area contributed by atoms with Gasteiger partial charge in [-0.2, -0.15) is 0 Å². The van der Waals surface area contributed by atoms with Gasteiger partial charge in [0.1, 0.15) is 0 Å². The zero-order valence-electron chi connectivity index (χ0n) is 18.1. The Hall–Kier alpha value is -2.19. The molecule has 1 aromatic carbocycles. The summed E-state index contributed by atoms with van der Waals surface area (Å²) in [6.45, 7) is 6.31. The molecule has 2 N–H and O–H groups in total. The second-order valence-electron chi connectivity index (χ2n) is 6.68. The Morgan fingerprint density at radius 1 is 1.14 bits per heavy atom. The van der Waals surface area contributed by atoms with E-state index in [1.807, 2.05) is 19.1 Å². The summed E-state index contributed by atoms with van der Waals surface area (Å²) in [5.74, 6) is 2.59. The van der Waals surface area contributed by atoms with Crippen LogP contribution in [0.25, 0.3) is 0 Å². The van der Waals surface area contributed by atoms with Gasteiger partial charge < -0.3 is 34.3 Å². The number of methoxy groups -OCH3 is 3. The molecule has 1 aromatic rings. The minimum absolute atomic E-state index is 0.276. The van der Waals surface area contributed by atoms with Crippen molar-refractivity contribution in [1.82, 2.24) is 10.6 Å². The largest absolute Gasteiger partial charge is 0.493 e. The molecule has 0 amide bonds. The normalized spacial score (nSPS) is 16.6. The molecule has 1 unspecified atom stereocenters. The number of ether oxygens (including phenoxy) is 5. The van der Waals surface area contributed by atoms with Gasteiger partial charge in [-0.3, -0.25) is 0 Å². The summed E-state index contributed by atoms with van der Waals surface area (Å²) in [4.78, 5) is 4.66. The monoisotopic (exact) mass is 409 g/mol. The van der Waals surface area contributed by atoms with Crippen molar-refractivity contribution in [2.24, 2.45) is 4.99 Å². The van der Waals surface area contributed by atoms with E-state index in [0.717, 1.165) is 50.5 Å². The molecule has 1 aliphatic heterocycles. The maximum absolute atomic E-state index is 5.70. The van der Waals surface area contributed by atoms with Crippen LogP contribution in [0.2, 0.25) is 0 Å². The lowest BCUT2D eigenvalue weighted by atomic mass is 10.1. The number of aliphatic imine (C=N–C) groups is 1. The average Bonchev–Trinajstić information content (AvgIpc) is 3.26. The Labute approximate surface area is 173 Å². The summed E-state index contributed by atoms with van der Waals surface area (Å²) >= 11 is 0. The molecule has 29 heavy (non-hydrogen) atoms. The molecule has 1 saturated heterocycles. The summed E-state index contributed by atoms with van der Waals surface area (Å²) < 4.78 is 27.6. The first kappa shape index (κ1) is 23.1. The first-order valence-electron chi connectivity index (χ1n) is 10.2. The summed E-state index contributed by atoms with van der Waals surface area (Å²) in [5.41, 5.74) is 0.919. The van der Waals surface area contributed by atoms with Crippen LogP contribution in [0.3, 0.4) is 0 Å². The molecule has 164 valence electrons. The first-order chi connectivity index (χ1) is 14.2. The third kappa shape index (κ3) is 7.29. The van der Waals surface area contributed by atoms with Gasteiger partial charge in [-0.1, -0.05) is 0 Å². The van der Waals surface area contributed by atoms with Crippen molar-refractivity contribution < 1.29 is 23.7 Å². The zero-order valence-corrected chi connectivity index (χ0v) is 18.1. The Morgan fingerprint density at radius 2 is 1.97 bits per heavy atom. The van der Waals surface area contributed by atoms with E-state index < -0.39 is 0 Å². The van der Waals surface area contributed by atoms with E-state index in [4.69, 9.17) is 23.7 Å². The Balaban J connectivity index is 1.84. The van der Waals surface area contributed by atoms with Crippen LogP contribution in [-0.4, -0.2) is 66.3 Å². The highest BCUT2D eigenvalue weighted by Gasteiger charge is 2.16. The second-order valence-corrected chi connectivity index (χ2v) is 6.68. The maximum atomic E-state index is 5.70. The fraction of sp³-hybridized carbons (Fsp3) is 0.667. The van der Waals surface area contributed by atoms with Crippen molar-refractivity contribution in [2.45, 2.75) is 38.8 Å². The average molecular weight is 410 g/mol. The number of guanidine groups is 1. The lowest BCUT2D eigenvalue weighted by molar-refractivity contribution is 0.0168. The minimum atomic E-state index is 0.276. The SMILES string of the molecule is CCNC(=NCc1ccc(OC)c(OC)c1OC)NCCCOCC1CCCO1. The van der Waals surface area contributed by atoms with E-state index in [-0.39, 0.29) is 6.10 Å². The van der Waals surface area contributed by atoms with Gasteiger partial charge in [0.2, 0.25) is 5.75 Å². The predicted octanol–water partition coefficient (Wildman–Crippen LogP) is 2.35. The molecular weight excluding hydrogens is 374 g/mol. The highest BCUT2D eigenvalue weighted by molar-refractivity contribution is 5.79. The molecule has 1 aliphatic rings. The molecule has 2 rings (SSSR count). The number of benzene rings is 1. The summed E-state index contributed by atoms with van der Waals surface area (Å²) in [6, 6.07) is 3.80. The highest BCUT2D eigenvalue weighted by atomic mass is 16.5. The molecule has 0 radical (unpaired) electrons. The lowest BCUT2D eigenvalue weighted by Crippen LogP contribution is -2.38. The summed E-state index contributed by atoms with van der Waals surface area (Å²) in [6.07, 6.45) is 3.42. The van der Waals surface area contributed by atoms with Crippen molar-refractivity contribution in [3.05, 3.63) is 17.7 Å². The second kappa shape index (κ2) is 13.1. The van der Waals surface area contributed by atoms with E-state index >= 15 is 0 Å². The van der Waals surface area contributed by atoms with E-state index in [2.05, 4.69) is 15.6 Å². The van der Waals surface area contributed by atoms with Gasteiger partial charge in [0.05, 0.1) is 40.6 Å². The maximum Gasteiger partial charge on any atom is 0.203 e. The fourth-order valence-corrected chi connectivity index (χ4v) is 3.17. The van der Waals surface area contributed by atoms with Crippen LogP contribution in [0, 0.1) is 0 Å². The molecule has 8 heteroatoms. The molecular formula is C21H35N3O5. The number of nitrogens with zero attached hydrogens (tertiary/aromatic N) is 1. The fourth-order valence-electron chi connectivity index (χ4n) is 3.17. The van der Waals surface area contributed by atoms with Crippen molar-refractivity contribution in [3.8, 4) is 17.2 Å². The van der Waals surface area contributed by atoms with Gasteiger partial charge >= 0.3 is 0 Å². The third-order valence-corrected chi connectivity index (χ3v) is 4.62. The van der Waals surface area contributed by atoms with Crippen LogP contribution in [0.1, 0.15) is 31.7 Å². The van der Waals surface area contributed by atoms with Gasteiger partial charge in [0, 0.05) is 31.9 Å². The van der Waals surface area contributed by atoms with Crippen LogP contribution in [0.15, 0.2) is 17.1 Å². The molecule has 0 aromatic heterocycles. The molecule has 0 aliphatic carbocycles. The number of hydrogen-bond donors (Lipinski definition) is 2. The van der Waals surface area contributed by atoms with Crippen LogP contribution in [0.5, 0.6) is 17.2 Å². The Kier molecular flexibility index (Phi) is 10.4. The summed E-state index contributed by atoms with van der Waals surface area (Å²) in [5, 5.41) is 6.60. The van der Waals surface area contributed by atoms with Crippen LogP contribution in [-0.2, 0) is 16.0 Å². The van der Waals surface area contributed by atoms with E-state index in [1.165, 1.54) is 0 Å². The molecule has 0 bridgehead atoms. The topological polar surface area (TPSA) is 82.6 Å². The molecule has 1 atom stereocenters. The molecule has 1 fully saturated rings. The van der Waals surface area contributed by atoms with E-state index in [9.17, 15) is 0 Å². The van der Waals surface area contributed by atoms with Gasteiger partial charge in [-0.05, 0) is 38.3 Å². The standard InChI is InChI=1S/C21H35N3O5/c1-5-22-21(23-11-7-12-28-15-17-8-6-13-29-17)24-14-16-9-10-18(25-2)20(27-4)19(16)26-3/h9-10,17H,5-8,11-15H2,1-4H3,(H2,22,23,24). The number of rotatable bonds is 12. The van der Waals surface area contributed by atoms with Gasteiger partial charge in [-0.15, -0.1) is 0 Å².